The van der Waals surface area contributed by atoms with Crippen LogP contribution < -0.4 is 10.6 Å². The van der Waals surface area contributed by atoms with Crippen LogP contribution in [0.15, 0.2) is 0 Å². The lowest BCUT2D eigenvalue weighted by molar-refractivity contribution is -0.124. The number of hydrogen-bond acceptors (Lipinski definition) is 3. The summed E-state index contributed by atoms with van der Waals surface area (Å²) in [6.45, 7) is 2.13. The van der Waals surface area contributed by atoms with Crippen molar-refractivity contribution in [1.29, 1.82) is 0 Å². The number of carbonyl (C=O) groups excluding carboxylic acids is 3. The van der Waals surface area contributed by atoms with Gasteiger partial charge < -0.3 is 15.4 Å². The van der Waals surface area contributed by atoms with Crippen molar-refractivity contribution in [2.24, 2.45) is 0 Å². The van der Waals surface area contributed by atoms with Gasteiger partial charge in [-0.15, -0.1) is 11.6 Å². The number of halogens is 1. The van der Waals surface area contributed by atoms with Crippen LogP contribution in [0.1, 0.15) is 19.8 Å². The monoisotopic (exact) mass is 234 g/mol. The smallest absolute Gasteiger partial charge is 0.234 e. The molecule has 0 aliphatic carbocycles. The molecule has 0 heterocycles. The van der Waals surface area contributed by atoms with Crippen molar-refractivity contribution in [3.8, 4) is 0 Å². The molecule has 0 rings (SSSR count). The average Bonchev–Trinajstić information content (AvgIpc) is 2.21. The van der Waals surface area contributed by atoms with Gasteiger partial charge in [0.05, 0.1) is 0 Å². The summed E-state index contributed by atoms with van der Waals surface area (Å²) >= 11 is 5.24. The molecule has 0 aromatic heterocycles. The highest BCUT2D eigenvalue weighted by Gasteiger charge is 2.02. The van der Waals surface area contributed by atoms with Crippen LogP contribution >= 0.6 is 11.6 Å². The molecule has 6 heteroatoms. The molecule has 15 heavy (non-hydrogen) atoms. The van der Waals surface area contributed by atoms with Crippen LogP contribution in [0.2, 0.25) is 0 Å². The van der Waals surface area contributed by atoms with Crippen LogP contribution in [0.4, 0.5) is 0 Å². The largest absolute Gasteiger partial charge is 0.354 e. The Bertz CT molecular complexity index is 244. The number of amides is 2. The molecule has 2 N–H and O–H groups in total. The number of carbonyl (C=O) groups is 3. The van der Waals surface area contributed by atoms with E-state index < -0.39 is 0 Å². The van der Waals surface area contributed by atoms with Crippen molar-refractivity contribution >= 4 is 29.2 Å². The van der Waals surface area contributed by atoms with Crippen molar-refractivity contribution < 1.29 is 14.4 Å². The maximum atomic E-state index is 11.1. The third-order valence-electron chi connectivity index (χ3n) is 1.59. The first-order valence-corrected chi connectivity index (χ1v) is 5.18. The summed E-state index contributed by atoms with van der Waals surface area (Å²) in [5.41, 5.74) is 0. The zero-order valence-corrected chi connectivity index (χ0v) is 9.39. The number of rotatable bonds is 7. The highest BCUT2D eigenvalue weighted by atomic mass is 35.5. The molecule has 0 atom stereocenters. The molecule has 0 saturated heterocycles. The highest BCUT2D eigenvalue weighted by Crippen LogP contribution is 1.89. The Morgan fingerprint density at radius 2 is 1.53 bits per heavy atom. The molecule has 0 spiro atoms. The van der Waals surface area contributed by atoms with Gasteiger partial charge in [-0.05, 0) is 6.92 Å². The number of alkyl halides is 1. The fraction of sp³-hybridized carbons (Fsp3) is 0.667. The molecule has 0 aromatic rings. The van der Waals surface area contributed by atoms with E-state index in [2.05, 4.69) is 10.6 Å². The predicted molar refractivity (Wildman–Crippen MR) is 56.7 cm³/mol. The summed E-state index contributed by atoms with van der Waals surface area (Å²) < 4.78 is 0. The first-order valence-electron chi connectivity index (χ1n) is 4.65. The Balaban J connectivity index is 3.39. The van der Waals surface area contributed by atoms with Crippen LogP contribution in [-0.4, -0.2) is 36.6 Å². The second-order valence-corrected chi connectivity index (χ2v) is 3.30. The quantitative estimate of drug-likeness (QED) is 0.474. The number of Topliss-reactive ketones (excluding diaryl/α,β-unsaturated/α-hetero) is 1. The van der Waals surface area contributed by atoms with E-state index >= 15 is 0 Å². The molecule has 0 saturated carbocycles. The molecule has 86 valence electrons. The van der Waals surface area contributed by atoms with Gasteiger partial charge in [0.2, 0.25) is 11.8 Å². The molecular formula is C9H15ClN2O3. The van der Waals surface area contributed by atoms with E-state index in [1.807, 2.05) is 0 Å². The second kappa shape index (κ2) is 8.23. The third kappa shape index (κ3) is 9.21. The van der Waals surface area contributed by atoms with Crippen LogP contribution in [0, 0.1) is 0 Å². The summed E-state index contributed by atoms with van der Waals surface area (Å²) in [6.07, 6.45) is 0.443. The summed E-state index contributed by atoms with van der Waals surface area (Å²) in [5.74, 6) is -0.557. The highest BCUT2D eigenvalue weighted by molar-refractivity contribution is 6.27. The molecule has 0 fully saturated rings. The van der Waals surface area contributed by atoms with Crippen LogP contribution in [0.25, 0.3) is 0 Å². The lowest BCUT2D eigenvalue weighted by Crippen LogP contribution is -2.35. The van der Waals surface area contributed by atoms with Crippen molar-refractivity contribution in [3.05, 3.63) is 0 Å². The minimum Gasteiger partial charge on any atom is -0.354 e. The van der Waals surface area contributed by atoms with Gasteiger partial charge in [-0.25, -0.2) is 0 Å². The maximum Gasteiger partial charge on any atom is 0.234 e. The average molecular weight is 235 g/mol. The first-order chi connectivity index (χ1) is 7.06. The van der Waals surface area contributed by atoms with Crippen LogP contribution in [0.3, 0.4) is 0 Å². The minimum absolute atomic E-state index is 0.0133. The second-order valence-electron chi connectivity index (χ2n) is 3.04. The Hall–Kier alpha value is -1.10. The van der Waals surface area contributed by atoms with Crippen LogP contribution in [-0.2, 0) is 14.4 Å². The van der Waals surface area contributed by atoms with Crippen molar-refractivity contribution in [1.82, 2.24) is 10.6 Å². The van der Waals surface area contributed by atoms with Crippen molar-refractivity contribution in [2.45, 2.75) is 19.8 Å². The zero-order chi connectivity index (χ0) is 11.7. The van der Waals surface area contributed by atoms with Crippen molar-refractivity contribution in [2.75, 3.05) is 19.0 Å². The van der Waals surface area contributed by atoms with E-state index in [4.69, 9.17) is 11.6 Å². The topological polar surface area (TPSA) is 75.3 Å². The van der Waals surface area contributed by atoms with Gasteiger partial charge in [0, 0.05) is 25.9 Å². The molecule has 2 amide bonds. The van der Waals surface area contributed by atoms with E-state index in [1.54, 1.807) is 0 Å². The molecule has 0 bridgehead atoms. The molecule has 5 nitrogen and oxygen atoms in total. The summed E-state index contributed by atoms with van der Waals surface area (Å²) in [6, 6.07) is 0. The molecule has 0 aliphatic heterocycles. The van der Waals surface area contributed by atoms with E-state index in [9.17, 15) is 14.4 Å². The normalized spacial score (nSPS) is 9.47. The standard InChI is InChI=1S/C9H15ClN2O3/c1-7(13)2-3-8(14)11-4-5-12-9(15)6-10/h2-6H2,1H3,(H,11,14)(H,12,15). The van der Waals surface area contributed by atoms with Crippen molar-refractivity contribution in [3.63, 3.8) is 0 Å². The van der Waals surface area contributed by atoms with E-state index in [1.165, 1.54) is 6.92 Å². The van der Waals surface area contributed by atoms with E-state index in [-0.39, 0.29) is 36.3 Å². The summed E-state index contributed by atoms with van der Waals surface area (Å²) in [7, 11) is 0. The van der Waals surface area contributed by atoms with Gasteiger partial charge >= 0.3 is 0 Å². The molecule has 0 aliphatic rings. The third-order valence-corrected chi connectivity index (χ3v) is 1.84. The zero-order valence-electron chi connectivity index (χ0n) is 8.64. The Labute approximate surface area is 93.5 Å². The lowest BCUT2D eigenvalue weighted by Gasteiger charge is -2.05. The minimum atomic E-state index is -0.269. The molecule has 0 radical (unpaired) electrons. The number of nitrogens with one attached hydrogen (secondary N) is 2. The first kappa shape index (κ1) is 13.9. The van der Waals surface area contributed by atoms with E-state index in [0.717, 1.165) is 0 Å². The van der Waals surface area contributed by atoms with Gasteiger partial charge in [-0.1, -0.05) is 0 Å². The maximum absolute atomic E-state index is 11.1. The van der Waals surface area contributed by atoms with E-state index in [0.29, 0.717) is 13.1 Å². The SMILES string of the molecule is CC(=O)CCC(=O)NCCNC(=O)CCl. The number of hydrogen-bond donors (Lipinski definition) is 2. The molecule has 0 aromatic carbocycles. The van der Waals surface area contributed by atoms with Gasteiger partial charge in [0.15, 0.2) is 0 Å². The van der Waals surface area contributed by atoms with Crippen LogP contribution in [0.5, 0.6) is 0 Å². The summed E-state index contributed by atoms with van der Waals surface area (Å²) in [5, 5.41) is 5.07. The molecular weight excluding hydrogens is 220 g/mol. The van der Waals surface area contributed by atoms with Gasteiger partial charge in [-0.3, -0.25) is 9.59 Å². The Morgan fingerprint density at radius 1 is 1.00 bits per heavy atom. The lowest BCUT2D eigenvalue weighted by atomic mass is 10.2. The summed E-state index contributed by atoms with van der Waals surface area (Å²) in [4.78, 5) is 32.3. The van der Waals surface area contributed by atoms with Gasteiger partial charge in [0.25, 0.3) is 0 Å². The Morgan fingerprint density at radius 3 is 2.00 bits per heavy atom. The van der Waals surface area contributed by atoms with Gasteiger partial charge in [0.1, 0.15) is 11.7 Å². The Kier molecular flexibility index (Phi) is 7.62. The molecule has 0 unspecified atom stereocenters. The predicted octanol–water partition coefficient (Wildman–Crippen LogP) is -0.173. The number of ketones is 1. The van der Waals surface area contributed by atoms with Gasteiger partial charge in [-0.2, -0.15) is 0 Å². The fourth-order valence-electron chi connectivity index (χ4n) is 0.829. The fourth-order valence-corrected chi connectivity index (χ4v) is 0.924.